The smallest absolute Gasteiger partial charge is 0.346 e. The molecule has 0 N–H and O–H groups in total. The Hall–Kier alpha value is -1.84. The van der Waals surface area contributed by atoms with Crippen LogP contribution in [0.5, 0.6) is 5.75 Å². The Morgan fingerprint density at radius 1 is 1.09 bits per heavy atom. The van der Waals surface area contributed by atoms with Crippen molar-refractivity contribution < 1.29 is 13.5 Å². The van der Waals surface area contributed by atoms with Gasteiger partial charge in [-0.05, 0) is 30.9 Å². The number of aryl methyl sites for hydroxylation is 1. The Bertz CT molecular complexity index is 691. The highest BCUT2D eigenvalue weighted by atomic mass is 19.1. The second-order valence-electron chi connectivity index (χ2n) is 5.96. The van der Waals surface area contributed by atoms with Gasteiger partial charge in [-0.2, -0.15) is 0 Å². The summed E-state index contributed by atoms with van der Waals surface area (Å²) in [5.74, 6) is -0.0301. The fourth-order valence-electron chi connectivity index (χ4n) is 2.70. The lowest BCUT2D eigenvalue weighted by Crippen LogP contribution is -2.06. The lowest BCUT2D eigenvalue weighted by Gasteiger charge is -2.09. The van der Waals surface area contributed by atoms with Gasteiger partial charge in [-0.15, -0.1) is 0 Å². The largest absolute Gasteiger partial charge is 0.490 e. The molecule has 1 aromatic carbocycles. The highest BCUT2D eigenvalue weighted by Crippen LogP contribution is 2.25. The minimum atomic E-state index is -0.654. The summed E-state index contributed by atoms with van der Waals surface area (Å²) in [5.41, 5.74) is -0.654. The summed E-state index contributed by atoms with van der Waals surface area (Å²) >= 11 is 0. The number of unbranched alkanes of at least 4 members (excludes halogenated alkanes) is 6. The maximum atomic E-state index is 14.4. The van der Waals surface area contributed by atoms with Crippen LogP contribution in [-0.2, 0) is 0 Å². The van der Waals surface area contributed by atoms with Crippen LogP contribution in [0.2, 0.25) is 0 Å². The Balaban J connectivity index is 1.89. The number of halogens is 1. The average Bonchev–Trinajstić information content (AvgIpc) is 2.51. The van der Waals surface area contributed by atoms with Gasteiger partial charge in [0.15, 0.2) is 11.6 Å². The van der Waals surface area contributed by atoms with Crippen molar-refractivity contribution in [1.29, 1.82) is 0 Å². The van der Waals surface area contributed by atoms with Gasteiger partial charge in [-0.3, -0.25) is 0 Å². The topological polar surface area (TPSA) is 39.4 Å². The molecule has 4 heteroatoms. The first-order valence-electron chi connectivity index (χ1n) is 8.49. The van der Waals surface area contributed by atoms with Crippen molar-refractivity contribution in [2.24, 2.45) is 0 Å². The summed E-state index contributed by atoms with van der Waals surface area (Å²) in [6.45, 7) is 4.34. The summed E-state index contributed by atoms with van der Waals surface area (Å²) in [4.78, 5) is 11.8. The number of benzene rings is 1. The molecule has 0 aliphatic rings. The maximum absolute atomic E-state index is 14.4. The van der Waals surface area contributed by atoms with Crippen molar-refractivity contribution in [3.8, 4) is 5.75 Å². The molecule has 0 unspecified atom stereocenters. The molecule has 0 fully saturated rings. The molecule has 0 saturated carbocycles. The molecule has 0 amide bonds. The Labute approximate surface area is 136 Å². The number of ether oxygens (including phenoxy) is 1. The van der Waals surface area contributed by atoms with Crippen LogP contribution in [0.3, 0.4) is 0 Å². The predicted molar refractivity (Wildman–Crippen MR) is 90.7 cm³/mol. The molecule has 0 aliphatic carbocycles. The van der Waals surface area contributed by atoms with Gasteiger partial charge in [-0.1, -0.05) is 51.5 Å². The van der Waals surface area contributed by atoms with Crippen LogP contribution >= 0.6 is 0 Å². The molecule has 126 valence electrons. The predicted octanol–water partition coefficient (Wildman–Crippen LogP) is 5.37. The van der Waals surface area contributed by atoms with E-state index >= 15 is 0 Å². The Kier molecular flexibility index (Phi) is 6.63. The summed E-state index contributed by atoms with van der Waals surface area (Å²) in [6, 6.07) is 4.93. The van der Waals surface area contributed by atoms with Gasteiger partial charge in [-0.25, -0.2) is 9.18 Å². The van der Waals surface area contributed by atoms with E-state index in [0.29, 0.717) is 17.8 Å². The molecule has 0 radical (unpaired) electrons. The van der Waals surface area contributed by atoms with Gasteiger partial charge in [0, 0.05) is 0 Å². The van der Waals surface area contributed by atoms with Crippen LogP contribution in [0.25, 0.3) is 10.8 Å². The first kappa shape index (κ1) is 17.5. The van der Waals surface area contributed by atoms with Gasteiger partial charge in [0.05, 0.1) is 6.61 Å². The molecule has 0 atom stereocenters. The van der Waals surface area contributed by atoms with Gasteiger partial charge < -0.3 is 9.15 Å². The molecule has 1 aromatic heterocycles. The number of hydrogen-bond acceptors (Lipinski definition) is 3. The normalized spacial score (nSPS) is 11.1. The highest BCUT2D eigenvalue weighted by molar-refractivity contribution is 5.83. The first-order valence-corrected chi connectivity index (χ1v) is 8.49. The second-order valence-corrected chi connectivity index (χ2v) is 5.96. The van der Waals surface area contributed by atoms with Crippen molar-refractivity contribution in [1.82, 2.24) is 0 Å². The SMILES string of the molecule is CCCCCCCCCOc1ccc2cc(C)oc(=O)c2c1F. The number of rotatable bonds is 9. The molecule has 23 heavy (non-hydrogen) atoms. The van der Waals surface area contributed by atoms with E-state index in [1.807, 2.05) is 0 Å². The van der Waals surface area contributed by atoms with Crippen LogP contribution in [0.1, 0.15) is 57.6 Å². The van der Waals surface area contributed by atoms with Crippen molar-refractivity contribution in [2.75, 3.05) is 6.61 Å². The van der Waals surface area contributed by atoms with E-state index in [9.17, 15) is 9.18 Å². The van der Waals surface area contributed by atoms with Crippen molar-refractivity contribution in [3.63, 3.8) is 0 Å². The zero-order valence-electron chi connectivity index (χ0n) is 14.0. The van der Waals surface area contributed by atoms with Gasteiger partial charge in [0.2, 0.25) is 0 Å². The van der Waals surface area contributed by atoms with Crippen molar-refractivity contribution >= 4 is 10.8 Å². The molecule has 2 rings (SSSR count). The fraction of sp³-hybridized carbons (Fsp3) is 0.526. The molecule has 3 nitrogen and oxygen atoms in total. The third-order valence-electron chi connectivity index (χ3n) is 3.96. The van der Waals surface area contributed by atoms with Crippen LogP contribution < -0.4 is 10.4 Å². The monoisotopic (exact) mass is 320 g/mol. The van der Waals surface area contributed by atoms with Crippen LogP contribution in [0.15, 0.2) is 27.4 Å². The van der Waals surface area contributed by atoms with Crippen LogP contribution in [0.4, 0.5) is 4.39 Å². The third-order valence-corrected chi connectivity index (χ3v) is 3.96. The second kappa shape index (κ2) is 8.70. The number of hydrogen-bond donors (Lipinski definition) is 0. The zero-order chi connectivity index (χ0) is 16.7. The molecule has 2 aromatic rings. The fourth-order valence-corrected chi connectivity index (χ4v) is 2.70. The molecular weight excluding hydrogens is 295 g/mol. The first-order chi connectivity index (χ1) is 11.1. The van der Waals surface area contributed by atoms with Gasteiger partial charge in [0.1, 0.15) is 11.1 Å². The molecule has 0 spiro atoms. The lowest BCUT2D eigenvalue weighted by molar-refractivity contribution is 0.291. The average molecular weight is 320 g/mol. The van der Waals surface area contributed by atoms with Crippen molar-refractivity contribution in [2.45, 2.75) is 58.8 Å². The highest BCUT2D eigenvalue weighted by Gasteiger charge is 2.13. The van der Waals surface area contributed by atoms with E-state index in [1.165, 1.54) is 32.1 Å². The van der Waals surface area contributed by atoms with Gasteiger partial charge in [0.25, 0.3) is 0 Å². The van der Waals surface area contributed by atoms with Crippen LogP contribution in [-0.4, -0.2) is 6.61 Å². The van der Waals surface area contributed by atoms with Crippen LogP contribution in [0, 0.1) is 12.7 Å². The minimum absolute atomic E-state index is 0.0346. The van der Waals surface area contributed by atoms with E-state index in [2.05, 4.69) is 6.92 Å². The molecule has 0 saturated heterocycles. The quantitative estimate of drug-likeness (QED) is 0.583. The van der Waals surface area contributed by atoms with Crippen molar-refractivity contribution in [3.05, 3.63) is 40.2 Å². The summed E-state index contributed by atoms with van der Waals surface area (Å²) < 4.78 is 24.9. The molecule has 1 heterocycles. The zero-order valence-corrected chi connectivity index (χ0v) is 14.0. The maximum Gasteiger partial charge on any atom is 0.346 e. The van der Waals surface area contributed by atoms with Gasteiger partial charge >= 0.3 is 5.63 Å². The summed E-state index contributed by atoms with van der Waals surface area (Å²) in [5, 5.41) is 0.507. The number of fused-ring (bicyclic) bond motifs is 1. The van der Waals surface area contributed by atoms with E-state index in [-0.39, 0.29) is 11.1 Å². The Morgan fingerprint density at radius 2 is 1.78 bits per heavy atom. The summed E-state index contributed by atoms with van der Waals surface area (Å²) in [7, 11) is 0. The standard InChI is InChI=1S/C19H25FO3/c1-3-4-5-6-7-8-9-12-22-16-11-10-15-13-14(2)23-19(21)17(15)18(16)20/h10-11,13H,3-9,12H2,1-2H3. The van der Waals surface area contributed by atoms with E-state index in [0.717, 1.165) is 12.8 Å². The lowest BCUT2D eigenvalue weighted by atomic mass is 10.1. The molecular formula is C19H25FO3. The van der Waals surface area contributed by atoms with E-state index < -0.39 is 11.4 Å². The molecule has 0 bridgehead atoms. The minimum Gasteiger partial charge on any atom is -0.490 e. The molecule has 0 aliphatic heterocycles. The summed E-state index contributed by atoms with van der Waals surface area (Å²) in [6.07, 6.45) is 8.24. The van der Waals surface area contributed by atoms with E-state index in [4.69, 9.17) is 9.15 Å². The van der Waals surface area contributed by atoms with E-state index in [1.54, 1.807) is 25.1 Å². The third kappa shape index (κ3) is 4.81. The Morgan fingerprint density at radius 3 is 2.52 bits per heavy atom.